The minimum Gasteiger partial charge on any atom is -0.330 e. The molecule has 0 heterocycles. The van der Waals surface area contributed by atoms with E-state index in [4.69, 9.17) is 5.73 Å². The molecule has 0 rings (SSSR count). The van der Waals surface area contributed by atoms with Crippen molar-refractivity contribution in [2.75, 3.05) is 6.54 Å². The first-order valence-corrected chi connectivity index (χ1v) is 6.19. The molecule has 0 aliphatic carbocycles. The Morgan fingerprint density at radius 1 is 1.36 bits per heavy atom. The van der Waals surface area contributed by atoms with Gasteiger partial charge in [-0.05, 0) is 33.2 Å². The molecule has 0 aliphatic rings. The van der Waals surface area contributed by atoms with Crippen molar-refractivity contribution < 1.29 is 13.2 Å². The van der Waals surface area contributed by atoms with Gasteiger partial charge in [-0.2, -0.15) is 0 Å². The van der Waals surface area contributed by atoms with Crippen molar-refractivity contribution >= 4 is 15.9 Å². The van der Waals surface area contributed by atoms with Crippen LogP contribution in [0.1, 0.15) is 33.1 Å². The largest absolute Gasteiger partial charge is 0.330 e. The summed E-state index contributed by atoms with van der Waals surface area (Å²) in [6.07, 6.45) is 1.56. The molecule has 0 saturated carbocycles. The van der Waals surface area contributed by atoms with E-state index in [2.05, 4.69) is 0 Å². The fourth-order valence-corrected chi connectivity index (χ4v) is 1.41. The second-order valence-electron chi connectivity index (χ2n) is 3.36. The van der Waals surface area contributed by atoms with E-state index in [0.717, 1.165) is 6.42 Å². The number of amides is 1. The van der Waals surface area contributed by atoms with E-state index < -0.39 is 21.2 Å². The lowest BCUT2D eigenvalue weighted by Gasteiger charge is -2.08. The first-order valence-electron chi connectivity index (χ1n) is 4.64. The number of nitrogens with one attached hydrogen (secondary N) is 1. The van der Waals surface area contributed by atoms with Crippen LogP contribution >= 0.6 is 0 Å². The van der Waals surface area contributed by atoms with Gasteiger partial charge >= 0.3 is 0 Å². The van der Waals surface area contributed by atoms with Crippen LogP contribution in [0.3, 0.4) is 0 Å². The van der Waals surface area contributed by atoms with Crippen molar-refractivity contribution in [3.05, 3.63) is 0 Å². The number of hydrogen-bond acceptors (Lipinski definition) is 4. The predicted molar refractivity (Wildman–Crippen MR) is 55.1 cm³/mol. The Bertz CT molecular complexity index is 272. The highest BCUT2D eigenvalue weighted by Crippen LogP contribution is 1.99. The highest BCUT2D eigenvalue weighted by Gasteiger charge is 2.18. The van der Waals surface area contributed by atoms with E-state index >= 15 is 0 Å². The van der Waals surface area contributed by atoms with Gasteiger partial charge in [0.25, 0.3) is 0 Å². The molecule has 0 unspecified atom stereocenters. The first-order chi connectivity index (χ1) is 6.40. The van der Waals surface area contributed by atoms with E-state index in [0.29, 0.717) is 13.0 Å². The molecule has 6 heteroatoms. The van der Waals surface area contributed by atoms with Gasteiger partial charge in [-0.1, -0.05) is 0 Å². The molecule has 0 spiro atoms. The standard InChI is InChI=1S/C8H18N2O3S/c1-7(2)14(12,13)10-8(11)5-3-4-6-9/h7H,3-6,9H2,1-2H3,(H,10,11). The van der Waals surface area contributed by atoms with Crippen molar-refractivity contribution in [2.24, 2.45) is 5.73 Å². The average molecular weight is 222 g/mol. The van der Waals surface area contributed by atoms with Gasteiger partial charge in [0.2, 0.25) is 15.9 Å². The SMILES string of the molecule is CC(C)S(=O)(=O)NC(=O)CCCCN. The second kappa shape index (κ2) is 5.98. The summed E-state index contributed by atoms with van der Waals surface area (Å²) in [7, 11) is -3.47. The lowest BCUT2D eigenvalue weighted by molar-refractivity contribution is -0.119. The number of nitrogens with two attached hydrogens (primary N) is 1. The number of hydrogen-bond donors (Lipinski definition) is 2. The summed E-state index contributed by atoms with van der Waals surface area (Å²) < 4.78 is 24.4. The van der Waals surface area contributed by atoms with Crippen LogP contribution in [0.25, 0.3) is 0 Å². The Kier molecular flexibility index (Phi) is 5.71. The molecule has 1 amide bonds. The highest BCUT2D eigenvalue weighted by atomic mass is 32.2. The summed E-state index contributed by atoms with van der Waals surface area (Å²) in [5.74, 6) is -0.452. The van der Waals surface area contributed by atoms with Gasteiger partial charge in [0, 0.05) is 6.42 Å². The molecule has 14 heavy (non-hydrogen) atoms. The zero-order valence-electron chi connectivity index (χ0n) is 8.62. The second-order valence-corrected chi connectivity index (χ2v) is 5.60. The minimum atomic E-state index is -3.47. The summed E-state index contributed by atoms with van der Waals surface area (Å²) in [5.41, 5.74) is 5.24. The number of rotatable bonds is 6. The van der Waals surface area contributed by atoms with Crippen molar-refractivity contribution in [3.63, 3.8) is 0 Å². The molecular formula is C8H18N2O3S. The van der Waals surface area contributed by atoms with Gasteiger partial charge < -0.3 is 5.73 Å². The molecule has 0 aromatic heterocycles. The Morgan fingerprint density at radius 2 is 1.93 bits per heavy atom. The normalized spacial score (nSPS) is 11.7. The van der Waals surface area contributed by atoms with Gasteiger partial charge in [0.05, 0.1) is 5.25 Å². The maximum absolute atomic E-state index is 11.2. The van der Waals surface area contributed by atoms with Crippen LogP contribution in [0, 0.1) is 0 Å². The smallest absolute Gasteiger partial charge is 0.237 e. The van der Waals surface area contributed by atoms with Crippen LogP contribution in [-0.2, 0) is 14.8 Å². The van der Waals surface area contributed by atoms with Crippen LogP contribution in [0.5, 0.6) is 0 Å². The van der Waals surface area contributed by atoms with Crippen molar-refractivity contribution in [1.82, 2.24) is 4.72 Å². The summed E-state index contributed by atoms with van der Waals surface area (Å²) in [4.78, 5) is 11.1. The lowest BCUT2D eigenvalue weighted by atomic mass is 10.2. The lowest BCUT2D eigenvalue weighted by Crippen LogP contribution is -2.35. The molecule has 84 valence electrons. The van der Waals surface area contributed by atoms with Crippen LogP contribution < -0.4 is 10.5 Å². The molecule has 3 N–H and O–H groups in total. The van der Waals surface area contributed by atoms with Crippen LogP contribution in [0.2, 0.25) is 0 Å². The summed E-state index contributed by atoms with van der Waals surface area (Å²) in [6.45, 7) is 3.56. The predicted octanol–water partition coefficient (Wildman–Crippen LogP) is -0.0302. The molecule has 0 aromatic carbocycles. The van der Waals surface area contributed by atoms with Gasteiger partial charge in [-0.15, -0.1) is 0 Å². The Morgan fingerprint density at radius 3 is 2.36 bits per heavy atom. The van der Waals surface area contributed by atoms with Gasteiger partial charge in [-0.3, -0.25) is 9.52 Å². The fourth-order valence-electron chi connectivity index (χ4n) is 0.757. The number of carbonyl (C=O) groups is 1. The number of unbranched alkanes of at least 4 members (excludes halogenated alkanes) is 1. The third kappa shape index (κ3) is 5.18. The summed E-state index contributed by atoms with van der Waals surface area (Å²) in [5, 5.41) is -0.582. The maximum atomic E-state index is 11.2. The minimum absolute atomic E-state index is 0.211. The monoisotopic (exact) mass is 222 g/mol. The molecule has 5 nitrogen and oxygen atoms in total. The van der Waals surface area contributed by atoms with E-state index in [1.54, 1.807) is 0 Å². The quantitative estimate of drug-likeness (QED) is 0.618. The van der Waals surface area contributed by atoms with Crippen LogP contribution in [0.4, 0.5) is 0 Å². The van der Waals surface area contributed by atoms with Gasteiger partial charge in [-0.25, -0.2) is 8.42 Å². The van der Waals surface area contributed by atoms with Crippen LogP contribution in [0.15, 0.2) is 0 Å². The molecule has 0 saturated heterocycles. The van der Waals surface area contributed by atoms with Crippen molar-refractivity contribution in [2.45, 2.75) is 38.4 Å². The summed E-state index contributed by atoms with van der Waals surface area (Å²) in [6, 6.07) is 0. The molecule has 0 bridgehead atoms. The summed E-state index contributed by atoms with van der Waals surface area (Å²) >= 11 is 0. The molecule has 0 radical (unpaired) electrons. The van der Waals surface area contributed by atoms with Crippen molar-refractivity contribution in [1.29, 1.82) is 0 Å². The Labute approximate surface area is 85.1 Å². The first kappa shape index (κ1) is 13.4. The number of carbonyl (C=O) groups excluding carboxylic acids is 1. The maximum Gasteiger partial charge on any atom is 0.237 e. The average Bonchev–Trinajstić information content (AvgIpc) is 2.03. The third-order valence-electron chi connectivity index (χ3n) is 1.73. The van der Waals surface area contributed by atoms with E-state index in [9.17, 15) is 13.2 Å². The Hall–Kier alpha value is -0.620. The number of sulfonamides is 1. The zero-order chi connectivity index (χ0) is 11.2. The Balaban J connectivity index is 3.95. The van der Waals surface area contributed by atoms with Gasteiger partial charge in [0.1, 0.15) is 0 Å². The van der Waals surface area contributed by atoms with Crippen molar-refractivity contribution in [3.8, 4) is 0 Å². The van der Waals surface area contributed by atoms with Gasteiger partial charge in [0.15, 0.2) is 0 Å². The van der Waals surface area contributed by atoms with E-state index in [-0.39, 0.29) is 6.42 Å². The molecule has 0 aromatic rings. The fraction of sp³-hybridized carbons (Fsp3) is 0.875. The molecule has 0 atom stereocenters. The van der Waals surface area contributed by atoms with E-state index in [1.165, 1.54) is 13.8 Å². The van der Waals surface area contributed by atoms with E-state index in [1.807, 2.05) is 4.72 Å². The zero-order valence-corrected chi connectivity index (χ0v) is 9.43. The molecule has 0 aliphatic heterocycles. The van der Waals surface area contributed by atoms with Crippen LogP contribution in [-0.4, -0.2) is 26.1 Å². The highest BCUT2D eigenvalue weighted by molar-refractivity contribution is 7.90. The molecule has 0 fully saturated rings. The topological polar surface area (TPSA) is 89.3 Å². The third-order valence-corrected chi connectivity index (χ3v) is 3.49. The molecular weight excluding hydrogens is 204 g/mol.